The Morgan fingerprint density at radius 1 is 1.02 bits per heavy atom. The van der Waals surface area contributed by atoms with Gasteiger partial charge in [-0.3, -0.25) is 9.59 Å². The van der Waals surface area contributed by atoms with Gasteiger partial charge in [0.05, 0.1) is 18.2 Å². The van der Waals surface area contributed by atoms with Crippen molar-refractivity contribution in [3.05, 3.63) is 35.9 Å². The van der Waals surface area contributed by atoms with Crippen LogP contribution in [0.25, 0.3) is 0 Å². The SMILES string of the molecule is CC(=O)OCC(=O)NC(CNC(=O)OCc1ccccc1)[C@@H]1C[C@@H](O[Si](C)(C)C(C)(C)C)CN1C(=O)OC(C)(C)C. The van der Waals surface area contributed by atoms with Crippen molar-refractivity contribution in [2.24, 2.45) is 0 Å². The van der Waals surface area contributed by atoms with E-state index in [1.807, 2.05) is 30.3 Å². The normalized spacial score (nSPS) is 18.3. The fourth-order valence-corrected chi connectivity index (χ4v) is 5.44. The van der Waals surface area contributed by atoms with E-state index >= 15 is 0 Å². The number of carbonyl (C=O) groups excluding carboxylic acids is 4. The van der Waals surface area contributed by atoms with E-state index in [4.69, 9.17) is 18.6 Å². The summed E-state index contributed by atoms with van der Waals surface area (Å²) in [6, 6.07) is 7.92. The molecule has 2 N–H and O–H groups in total. The van der Waals surface area contributed by atoms with E-state index in [1.54, 1.807) is 25.7 Å². The minimum atomic E-state index is -2.20. The zero-order valence-electron chi connectivity index (χ0n) is 25.9. The smallest absolute Gasteiger partial charge is 0.410 e. The number of rotatable bonds is 10. The molecule has 0 spiro atoms. The van der Waals surface area contributed by atoms with Crippen molar-refractivity contribution in [3.63, 3.8) is 0 Å². The first kappa shape index (κ1) is 34.1. The lowest BCUT2D eigenvalue weighted by atomic mass is 10.0. The molecule has 11 nitrogen and oxygen atoms in total. The van der Waals surface area contributed by atoms with Crippen LogP contribution in [0.4, 0.5) is 9.59 Å². The van der Waals surface area contributed by atoms with Crippen LogP contribution in [0.3, 0.4) is 0 Å². The Hall–Kier alpha value is -3.12. The van der Waals surface area contributed by atoms with Crippen LogP contribution in [0, 0.1) is 0 Å². The average Bonchev–Trinajstić information content (AvgIpc) is 3.26. The molecule has 1 aromatic carbocycles. The summed E-state index contributed by atoms with van der Waals surface area (Å²) in [6.07, 6.45) is -1.12. The number of carbonyl (C=O) groups is 4. The molecule has 230 valence electrons. The summed E-state index contributed by atoms with van der Waals surface area (Å²) in [5.74, 6) is -1.17. The van der Waals surface area contributed by atoms with Gasteiger partial charge in [0.1, 0.15) is 12.2 Å². The minimum Gasteiger partial charge on any atom is -0.456 e. The predicted octanol–water partition coefficient (Wildman–Crippen LogP) is 4.36. The van der Waals surface area contributed by atoms with E-state index in [2.05, 4.69) is 44.5 Å². The van der Waals surface area contributed by atoms with Gasteiger partial charge < -0.3 is 34.2 Å². The molecule has 0 aliphatic carbocycles. The van der Waals surface area contributed by atoms with E-state index in [0.717, 1.165) is 5.56 Å². The minimum absolute atomic E-state index is 0.0454. The van der Waals surface area contributed by atoms with Crippen LogP contribution in [0.1, 0.15) is 60.5 Å². The number of nitrogens with zero attached hydrogens (tertiary/aromatic N) is 1. The second-order valence-electron chi connectivity index (χ2n) is 12.8. The first-order valence-corrected chi connectivity index (χ1v) is 16.8. The van der Waals surface area contributed by atoms with Gasteiger partial charge in [-0.25, -0.2) is 9.59 Å². The monoisotopic (exact) mass is 593 g/mol. The number of hydrogen-bond acceptors (Lipinski definition) is 8. The molecule has 12 heteroatoms. The predicted molar refractivity (Wildman–Crippen MR) is 157 cm³/mol. The molecule has 1 aliphatic rings. The van der Waals surface area contributed by atoms with E-state index in [0.29, 0.717) is 6.42 Å². The van der Waals surface area contributed by atoms with Crippen LogP contribution in [0.15, 0.2) is 30.3 Å². The number of hydrogen-bond donors (Lipinski definition) is 2. The molecule has 0 saturated carbocycles. The molecule has 0 bridgehead atoms. The largest absolute Gasteiger partial charge is 0.456 e. The molecule has 1 heterocycles. The summed E-state index contributed by atoms with van der Waals surface area (Å²) < 4.78 is 22.5. The fraction of sp³-hybridized carbons (Fsp3) is 0.655. The van der Waals surface area contributed by atoms with Gasteiger partial charge >= 0.3 is 18.2 Å². The molecule has 0 radical (unpaired) electrons. The number of esters is 1. The van der Waals surface area contributed by atoms with Gasteiger partial charge in [-0.05, 0) is 50.9 Å². The molecular weight excluding hydrogens is 546 g/mol. The summed E-state index contributed by atoms with van der Waals surface area (Å²) in [7, 11) is -2.20. The molecule has 1 fully saturated rings. The van der Waals surface area contributed by atoms with Crippen molar-refractivity contribution in [1.82, 2.24) is 15.5 Å². The Balaban J connectivity index is 2.26. The molecule has 2 rings (SSSR count). The first-order valence-electron chi connectivity index (χ1n) is 13.9. The topological polar surface area (TPSA) is 132 Å². The van der Waals surface area contributed by atoms with Crippen LogP contribution in [-0.4, -0.2) is 80.8 Å². The van der Waals surface area contributed by atoms with E-state index in [9.17, 15) is 19.2 Å². The highest BCUT2D eigenvalue weighted by atomic mass is 28.4. The average molecular weight is 594 g/mol. The Bertz CT molecular complexity index is 1050. The summed E-state index contributed by atoms with van der Waals surface area (Å²) >= 11 is 0. The number of alkyl carbamates (subject to hydrolysis) is 1. The van der Waals surface area contributed by atoms with Gasteiger partial charge in [-0.15, -0.1) is 0 Å². The number of benzene rings is 1. The Morgan fingerprint density at radius 2 is 1.66 bits per heavy atom. The van der Waals surface area contributed by atoms with Crippen molar-refractivity contribution < 1.29 is 37.8 Å². The van der Waals surface area contributed by atoms with Gasteiger partial charge in [0, 0.05) is 20.0 Å². The second-order valence-corrected chi connectivity index (χ2v) is 17.6. The highest BCUT2D eigenvalue weighted by Crippen LogP contribution is 2.39. The lowest BCUT2D eigenvalue weighted by Crippen LogP contribution is -2.56. The van der Waals surface area contributed by atoms with Crippen molar-refractivity contribution in [1.29, 1.82) is 0 Å². The standard InChI is InChI=1S/C29H47N3O8Si/c1-20(33)37-19-25(34)31-23(16-30-26(35)38-18-21-13-11-10-12-14-21)24-15-22(40-41(8,9)29(5,6)7)17-32(24)27(36)39-28(2,3)4/h10-14,22-24H,15-19H2,1-9H3,(H,30,35)(H,31,34)/t22-,23?,24+/m1/s1. The molecule has 1 aliphatic heterocycles. The second kappa shape index (κ2) is 14.2. The zero-order chi connectivity index (χ0) is 31.0. The van der Waals surface area contributed by atoms with Gasteiger partial charge in [0.25, 0.3) is 5.91 Å². The van der Waals surface area contributed by atoms with Gasteiger partial charge in [0.2, 0.25) is 0 Å². The van der Waals surface area contributed by atoms with Crippen LogP contribution in [-0.2, 0) is 34.8 Å². The zero-order valence-corrected chi connectivity index (χ0v) is 26.9. The van der Waals surface area contributed by atoms with E-state index < -0.39 is 56.7 Å². The van der Waals surface area contributed by atoms with Crippen molar-refractivity contribution in [2.75, 3.05) is 19.7 Å². The van der Waals surface area contributed by atoms with Crippen LogP contribution < -0.4 is 10.6 Å². The van der Waals surface area contributed by atoms with Gasteiger partial charge in [-0.2, -0.15) is 0 Å². The maximum absolute atomic E-state index is 13.3. The highest BCUT2D eigenvalue weighted by molar-refractivity contribution is 6.74. The third-order valence-corrected chi connectivity index (χ3v) is 11.6. The molecule has 1 aromatic rings. The summed E-state index contributed by atoms with van der Waals surface area (Å²) in [5, 5.41) is 5.47. The summed E-state index contributed by atoms with van der Waals surface area (Å²) in [5.41, 5.74) is 0.0829. The van der Waals surface area contributed by atoms with Crippen LogP contribution >= 0.6 is 0 Å². The van der Waals surface area contributed by atoms with Crippen molar-refractivity contribution in [2.45, 2.75) is 103 Å². The maximum atomic E-state index is 13.3. The highest BCUT2D eigenvalue weighted by Gasteiger charge is 2.46. The Kier molecular flexibility index (Phi) is 11.8. The number of likely N-dealkylation sites (tertiary alicyclic amines) is 1. The molecule has 1 unspecified atom stereocenters. The Labute approximate surface area is 244 Å². The Morgan fingerprint density at radius 3 is 2.22 bits per heavy atom. The van der Waals surface area contributed by atoms with Crippen molar-refractivity contribution >= 4 is 32.4 Å². The lowest BCUT2D eigenvalue weighted by Gasteiger charge is -2.38. The lowest BCUT2D eigenvalue weighted by molar-refractivity contribution is -0.146. The number of nitrogens with one attached hydrogen (secondary N) is 2. The third kappa shape index (κ3) is 11.3. The molecule has 41 heavy (non-hydrogen) atoms. The maximum Gasteiger partial charge on any atom is 0.410 e. The van der Waals surface area contributed by atoms with Gasteiger partial charge in [0.15, 0.2) is 14.9 Å². The molecule has 3 atom stereocenters. The van der Waals surface area contributed by atoms with Crippen LogP contribution in [0.2, 0.25) is 18.1 Å². The van der Waals surface area contributed by atoms with Crippen molar-refractivity contribution in [3.8, 4) is 0 Å². The van der Waals surface area contributed by atoms with E-state index in [1.165, 1.54) is 6.92 Å². The third-order valence-electron chi connectivity index (χ3n) is 7.10. The van der Waals surface area contributed by atoms with E-state index in [-0.39, 0.29) is 30.8 Å². The quantitative estimate of drug-likeness (QED) is 0.232. The van der Waals surface area contributed by atoms with Crippen LogP contribution in [0.5, 0.6) is 0 Å². The molecular formula is C29H47N3O8Si. The summed E-state index contributed by atoms with van der Waals surface area (Å²) in [4.78, 5) is 51.5. The number of ether oxygens (including phenoxy) is 3. The number of amides is 3. The molecule has 3 amide bonds. The molecule has 1 saturated heterocycles. The van der Waals surface area contributed by atoms with Gasteiger partial charge in [-0.1, -0.05) is 51.1 Å². The first-order chi connectivity index (χ1) is 18.9. The summed E-state index contributed by atoms with van der Waals surface area (Å²) in [6.45, 7) is 17.0. The molecule has 0 aromatic heterocycles. The fourth-order valence-electron chi connectivity index (χ4n) is 4.08.